The normalized spacial score (nSPS) is 22.5. The summed E-state index contributed by atoms with van der Waals surface area (Å²) in [5.41, 5.74) is 11.5. The van der Waals surface area contributed by atoms with Gasteiger partial charge >= 0.3 is 0 Å². The molecule has 2 heterocycles. The molecule has 2 atom stereocenters. The Morgan fingerprint density at radius 2 is 1.71 bits per heavy atom. The lowest BCUT2D eigenvalue weighted by Gasteiger charge is -2.37. The SMILES string of the molecule is Cc1ccc(N2CCN(C(=O)C3CC(c4ccc(Cl)cc4)NN3)CC2)c(C)c1. The minimum absolute atomic E-state index is 0.128. The van der Waals surface area contributed by atoms with Crippen LogP contribution < -0.4 is 15.8 Å². The Labute approximate surface area is 171 Å². The van der Waals surface area contributed by atoms with Gasteiger partial charge < -0.3 is 9.80 Å². The molecule has 0 bridgehead atoms. The van der Waals surface area contributed by atoms with Gasteiger partial charge in [-0.05, 0) is 49.6 Å². The molecule has 28 heavy (non-hydrogen) atoms. The maximum atomic E-state index is 13.0. The highest BCUT2D eigenvalue weighted by Crippen LogP contribution is 2.26. The van der Waals surface area contributed by atoms with Gasteiger partial charge in [-0.2, -0.15) is 0 Å². The fraction of sp³-hybridized carbons (Fsp3) is 0.409. The number of carbonyl (C=O) groups excluding carboxylic acids is 1. The van der Waals surface area contributed by atoms with Gasteiger partial charge in [0.2, 0.25) is 5.91 Å². The lowest BCUT2D eigenvalue weighted by atomic mass is 10.0. The molecule has 2 N–H and O–H groups in total. The predicted molar refractivity (Wildman–Crippen MR) is 114 cm³/mol. The monoisotopic (exact) mass is 398 g/mol. The number of hydrogen-bond acceptors (Lipinski definition) is 4. The largest absolute Gasteiger partial charge is 0.368 e. The number of anilines is 1. The summed E-state index contributed by atoms with van der Waals surface area (Å²) in [7, 11) is 0. The van der Waals surface area contributed by atoms with E-state index >= 15 is 0 Å². The highest BCUT2D eigenvalue weighted by atomic mass is 35.5. The van der Waals surface area contributed by atoms with Gasteiger partial charge in [-0.15, -0.1) is 0 Å². The summed E-state index contributed by atoms with van der Waals surface area (Å²) in [6.07, 6.45) is 0.748. The van der Waals surface area contributed by atoms with Crippen LogP contribution in [0.25, 0.3) is 0 Å². The number of carbonyl (C=O) groups is 1. The van der Waals surface area contributed by atoms with E-state index in [0.717, 1.165) is 43.2 Å². The molecule has 2 aromatic carbocycles. The van der Waals surface area contributed by atoms with E-state index in [1.54, 1.807) is 0 Å². The molecule has 2 unspecified atom stereocenters. The molecular formula is C22H27ClN4O. The molecule has 2 saturated heterocycles. The second-order valence-electron chi connectivity index (χ2n) is 7.78. The zero-order valence-electron chi connectivity index (χ0n) is 16.4. The van der Waals surface area contributed by atoms with Crippen LogP contribution in [0.4, 0.5) is 5.69 Å². The van der Waals surface area contributed by atoms with Crippen LogP contribution in [-0.2, 0) is 4.79 Å². The van der Waals surface area contributed by atoms with Gasteiger partial charge in [-0.3, -0.25) is 4.79 Å². The van der Waals surface area contributed by atoms with Crippen molar-refractivity contribution in [3.8, 4) is 0 Å². The molecule has 2 aliphatic heterocycles. The van der Waals surface area contributed by atoms with Crippen LogP contribution in [0, 0.1) is 13.8 Å². The topological polar surface area (TPSA) is 47.6 Å². The van der Waals surface area contributed by atoms with E-state index < -0.39 is 0 Å². The minimum Gasteiger partial charge on any atom is -0.368 e. The van der Waals surface area contributed by atoms with E-state index in [4.69, 9.17) is 11.6 Å². The third-order valence-corrected chi connectivity index (χ3v) is 6.01. The van der Waals surface area contributed by atoms with Crippen LogP contribution in [0.1, 0.15) is 29.2 Å². The Morgan fingerprint density at radius 3 is 2.39 bits per heavy atom. The molecule has 0 radical (unpaired) electrons. The van der Waals surface area contributed by atoms with Gasteiger partial charge in [0.25, 0.3) is 0 Å². The summed E-state index contributed by atoms with van der Waals surface area (Å²) in [5, 5.41) is 0.726. The molecule has 0 spiro atoms. The molecule has 148 valence electrons. The second kappa shape index (κ2) is 8.11. The fourth-order valence-corrected chi connectivity index (χ4v) is 4.31. The highest BCUT2D eigenvalue weighted by molar-refractivity contribution is 6.30. The maximum Gasteiger partial charge on any atom is 0.241 e. The van der Waals surface area contributed by atoms with Crippen LogP contribution in [0.2, 0.25) is 5.02 Å². The number of piperazine rings is 1. The van der Waals surface area contributed by atoms with E-state index in [2.05, 4.69) is 47.8 Å². The van der Waals surface area contributed by atoms with Gasteiger partial charge in [0.15, 0.2) is 0 Å². The Kier molecular flexibility index (Phi) is 5.58. The first kappa shape index (κ1) is 19.2. The fourth-order valence-electron chi connectivity index (χ4n) is 4.18. The number of benzene rings is 2. The number of nitrogens with zero attached hydrogens (tertiary/aromatic N) is 2. The van der Waals surface area contributed by atoms with Crippen molar-refractivity contribution in [2.24, 2.45) is 0 Å². The van der Waals surface area contributed by atoms with Crippen molar-refractivity contribution < 1.29 is 4.79 Å². The van der Waals surface area contributed by atoms with Gasteiger partial charge in [-0.25, -0.2) is 10.9 Å². The summed E-state index contributed by atoms with van der Waals surface area (Å²) >= 11 is 5.97. The lowest BCUT2D eigenvalue weighted by molar-refractivity contribution is -0.133. The van der Waals surface area contributed by atoms with Crippen molar-refractivity contribution in [1.82, 2.24) is 15.8 Å². The van der Waals surface area contributed by atoms with Crippen LogP contribution in [0.3, 0.4) is 0 Å². The Hall–Kier alpha value is -2.08. The second-order valence-corrected chi connectivity index (χ2v) is 8.22. The number of amides is 1. The molecule has 5 nitrogen and oxygen atoms in total. The lowest BCUT2D eigenvalue weighted by Crippen LogP contribution is -2.53. The Morgan fingerprint density at radius 1 is 1.00 bits per heavy atom. The molecule has 0 aliphatic carbocycles. The average molecular weight is 399 g/mol. The van der Waals surface area contributed by atoms with Crippen molar-refractivity contribution >= 4 is 23.2 Å². The number of rotatable bonds is 3. The summed E-state index contributed by atoms with van der Waals surface area (Å²) < 4.78 is 0. The highest BCUT2D eigenvalue weighted by Gasteiger charge is 2.34. The average Bonchev–Trinajstić information content (AvgIpc) is 3.18. The van der Waals surface area contributed by atoms with Crippen molar-refractivity contribution in [2.45, 2.75) is 32.4 Å². The van der Waals surface area contributed by atoms with Crippen LogP contribution in [0.5, 0.6) is 0 Å². The Bertz CT molecular complexity index is 846. The number of nitrogens with one attached hydrogen (secondary N) is 2. The summed E-state index contributed by atoms with van der Waals surface area (Å²) in [6, 6.07) is 14.3. The molecule has 4 rings (SSSR count). The standard InChI is InChI=1S/C22H27ClN4O/c1-15-3-8-21(16(2)13-15)26-9-11-27(12-10-26)22(28)20-14-19(24-25-20)17-4-6-18(23)7-5-17/h3-8,13,19-20,24-25H,9-12,14H2,1-2H3. The molecular weight excluding hydrogens is 372 g/mol. The zero-order valence-corrected chi connectivity index (χ0v) is 17.2. The van der Waals surface area contributed by atoms with Gasteiger partial charge in [0, 0.05) is 42.9 Å². The molecule has 0 saturated carbocycles. The van der Waals surface area contributed by atoms with Crippen LogP contribution in [0.15, 0.2) is 42.5 Å². The summed E-state index contributed by atoms with van der Waals surface area (Å²) in [4.78, 5) is 17.3. The number of hydrazine groups is 1. The van der Waals surface area contributed by atoms with Crippen molar-refractivity contribution in [2.75, 3.05) is 31.1 Å². The third kappa shape index (κ3) is 4.02. The van der Waals surface area contributed by atoms with Crippen LogP contribution in [-0.4, -0.2) is 43.0 Å². The van der Waals surface area contributed by atoms with Gasteiger partial charge in [0.1, 0.15) is 6.04 Å². The Balaban J connectivity index is 1.33. The maximum absolute atomic E-state index is 13.0. The first-order valence-corrected chi connectivity index (χ1v) is 10.3. The number of aryl methyl sites for hydroxylation is 2. The van der Waals surface area contributed by atoms with E-state index in [1.165, 1.54) is 16.8 Å². The molecule has 1 amide bonds. The smallest absolute Gasteiger partial charge is 0.241 e. The molecule has 0 aromatic heterocycles. The van der Waals surface area contributed by atoms with Crippen molar-refractivity contribution in [1.29, 1.82) is 0 Å². The molecule has 6 heteroatoms. The third-order valence-electron chi connectivity index (χ3n) is 5.76. The van der Waals surface area contributed by atoms with E-state index in [-0.39, 0.29) is 18.0 Å². The predicted octanol–water partition coefficient (Wildman–Crippen LogP) is 3.21. The summed E-state index contributed by atoms with van der Waals surface area (Å²) in [5.74, 6) is 0.184. The molecule has 2 fully saturated rings. The minimum atomic E-state index is -0.187. The van der Waals surface area contributed by atoms with E-state index in [1.807, 2.05) is 29.2 Å². The van der Waals surface area contributed by atoms with Crippen LogP contribution >= 0.6 is 11.6 Å². The van der Waals surface area contributed by atoms with Crippen molar-refractivity contribution in [3.63, 3.8) is 0 Å². The first-order chi connectivity index (χ1) is 13.5. The number of hydrogen-bond donors (Lipinski definition) is 2. The quantitative estimate of drug-likeness (QED) is 0.833. The first-order valence-electron chi connectivity index (χ1n) is 9.89. The summed E-state index contributed by atoms with van der Waals surface area (Å²) in [6.45, 7) is 7.54. The van der Waals surface area contributed by atoms with E-state index in [9.17, 15) is 4.79 Å². The van der Waals surface area contributed by atoms with Gasteiger partial charge in [-0.1, -0.05) is 41.4 Å². The van der Waals surface area contributed by atoms with Crippen molar-refractivity contribution in [3.05, 3.63) is 64.2 Å². The number of halogens is 1. The zero-order chi connectivity index (χ0) is 19.7. The molecule has 2 aromatic rings. The van der Waals surface area contributed by atoms with E-state index in [0.29, 0.717) is 0 Å². The van der Waals surface area contributed by atoms with Gasteiger partial charge in [0.05, 0.1) is 0 Å². The molecule has 2 aliphatic rings.